The maximum absolute atomic E-state index is 14.1. The van der Waals surface area contributed by atoms with E-state index >= 15 is 0 Å². The van der Waals surface area contributed by atoms with Gasteiger partial charge in [-0.2, -0.15) is 5.10 Å². The van der Waals surface area contributed by atoms with Gasteiger partial charge >= 0.3 is 0 Å². The van der Waals surface area contributed by atoms with Gasteiger partial charge in [-0.15, -0.1) is 0 Å². The van der Waals surface area contributed by atoms with Gasteiger partial charge in [0.25, 0.3) is 5.56 Å². The van der Waals surface area contributed by atoms with Gasteiger partial charge in [-0.05, 0) is 32.8 Å². The molecular weight excluding hydrogens is 371 g/mol. The molecule has 1 fully saturated rings. The van der Waals surface area contributed by atoms with E-state index in [0.29, 0.717) is 17.5 Å². The zero-order valence-electron chi connectivity index (χ0n) is 16.7. The second-order valence-electron chi connectivity index (χ2n) is 7.79. The van der Waals surface area contributed by atoms with Crippen molar-refractivity contribution in [3.63, 3.8) is 0 Å². The molecule has 1 saturated carbocycles. The topological polar surface area (TPSA) is 68.9 Å². The highest BCUT2D eigenvalue weighted by Crippen LogP contribution is 2.23. The van der Waals surface area contributed by atoms with Crippen molar-refractivity contribution >= 4 is 16.7 Å². The standard InChI is InChI=1S/C22H25FN4O2/c1-14-18-11-24-27(13-20(28)25-17-8-4-5-9-17)22(29)21(18)15(2)26(14)12-16-7-3-6-10-19(16)23/h3,6-7,10-11,17H,4-5,8-9,12-13H2,1-2H3,(H,25,28). The SMILES string of the molecule is Cc1c2cnn(CC(=O)NC3CCCC3)c(=O)c2c(C)n1Cc1ccccc1F. The van der Waals surface area contributed by atoms with Gasteiger partial charge in [0.1, 0.15) is 12.4 Å². The number of halogens is 1. The van der Waals surface area contributed by atoms with Crippen LogP contribution in [-0.4, -0.2) is 26.3 Å². The Bertz CT molecular complexity index is 1130. The predicted molar refractivity (Wildman–Crippen MR) is 109 cm³/mol. The molecule has 2 aromatic heterocycles. The minimum absolute atomic E-state index is 0.0950. The van der Waals surface area contributed by atoms with E-state index in [4.69, 9.17) is 0 Å². The zero-order valence-corrected chi connectivity index (χ0v) is 16.7. The molecule has 152 valence electrons. The molecule has 1 aromatic carbocycles. The Morgan fingerprint density at radius 1 is 1.21 bits per heavy atom. The van der Waals surface area contributed by atoms with Gasteiger partial charge in [-0.1, -0.05) is 31.0 Å². The Kier molecular flexibility index (Phi) is 5.22. The molecule has 0 bridgehead atoms. The van der Waals surface area contributed by atoms with E-state index in [1.807, 2.05) is 18.4 Å². The number of fused-ring (bicyclic) bond motifs is 1. The van der Waals surface area contributed by atoms with E-state index in [-0.39, 0.29) is 29.9 Å². The molecule has 1 N–H and O–H groups in total. The molecule has 29 heavy (non-hydrogen) atoms. The molecule has 0 spiro atoms. The third kappa shape index (κ3) is 3.69. The van der Waals surface area contributed by atoms with Gasteiger partial charge in [-0.25, -0.2) is 9.07 Å². The van der Waals surface area contributed by atoms with Crippen LogP contribution in [0.3, 0.4) is 0 Å². The van der Waals surface area contributed by atoms with Crippen LogP contribution in [-0.2, 0) is 17.9 Å². The Morgan fingerprint density at radius 2 is 1.93 bits per heavy atom. The van der Waals surface area contributed by atoms with Crippen molar-refractivity contribution in [2.24, 2.45) is 0 Å². The van der Waals surface area contributed by atoms with E-state index in [0.717, 1.165) is 42.5 Å². The quantitative estimate of drug-likeness (QED) is 0.721. The summed E-state index contributed by atoms with van der Waals surface area (Å²) in [6, 6.07) is 6.82. The molecule has 1 aliphatic rings. The van der Waals surface area contributed by atoms with Crippen LogP contribution in [0.4, 0.5) is 4.39 Å². The van der Waals surface area contributed by atoms with Crippen LogP contribution in [0, 0.1) is 19.7 Å². The van der Waals surface area contributed by atoms with E-state index in [1.54, 1.807) is 24.4 Å². The molecule has 0 saturated heterocycles. The van der Waals surface area contributed by atoms with Gasteiger partial charge in [0.2, 0.25) is 5.91 Å². The van der Waals surface area contributed by atoms with Crippen molar-refractivity contribution in [2.75, 3.05) is 0 Å². The first-order valence-electron chi connectivity index (χ1n) is 10.0. The summed E-state index contributed by atoms with van der Waals surface area (Å²) in [6.45, 7) is 3.98. The highest BCUT2D eigenvalue weighted by atomic mass is 19.1. The van der Waals surface area contributed by atoms with Crippen molar-refractivity contribution in [1.29, 1.82) is 0 Å². The number of amides is 1. The second kappa shape index (κ2) is 7.81. The highest BCUT2D eigenvalue weighted by molar-refractivity contribution is 5.87. The Labute approximate surface area is 168 Å². The molecular formula is C22H25FN4O2. The van der Waals surface area contributed by atoms with Crippen LogP contribution in [0.5, 0.6) is 0 Å². The first-order chi connectivity index (χ1) is 14.0. The molecule has 0 radical (unpaired) electrons. The van der Waals surface area contributed by atoms with Gasteiger partial charge in [0.15, 0.2) is 0 Å². The van der Waals surface area contributed by atoms with E-state index in [1.165, 1.54) is 10.7 Å². The summed E-state index contributed by atoms with van der Waals surface area (Å²) < 4.78 is 17.3. The number of benzene rings is 1. The molecule has 2 heterocycles. The van der Waals surface area contributed by atoms with Crippen molar-refractivity contribution < 1.29 is 9.18 Å². The fraction of sp³-hybridized carbons (Fsp3) is 0.409. The average molecular weight is 396 g/mol. The van der Waals surface area contributed by atoms with Gasteiger partial charge in [-0.3, -0.25) is 9.59 Å². The van der Waals surface area contributed by atoms with Crippen molar-refractivity contribution in [3.8, 4) is 0 Å². The smallest absolute Gasteiger partial charge is 0.276 e. The number of hydrogen-bond acceptors (Lipinski definition) is 3. The fourth-order valence-corrected chi connectivity index (χ4v) is 4.27. The lowest BCUT2D eigenvalue weighted by molar-refractivity contribution is -0.122. The Morgan fingerprint density at radius 3 is 2.66 bits per heavy atom. The number of carbonyl (C=O) groups excluding carboxylic acids is 1. The molecule has 1 amide bonds. The van der Waals surface area contributed by atoms with E-state index in [9.17, 15) is 14.0 Å². The molecule has 1 aliphatic carbocycles. The zero-order chi connectivity index (χ0) is 20.5. The largest absolute Gasteiger partial charge is 0.352 e. The van der Waals surface area contributed by atoms with Crippen LogP contribution < -0.4 is 10.9 Å². The molecule has 0 unspecified atom stereocenters. The Hall–Kier alpha value is -2.96. The summed E-state index contributed by atoms with van der Waals surface area (Å²) >= 11 is 0. The lowest BCUT2D eigenvalue weighted by atomic mass is 10.2. The first-order valence-corrected chi connectivity index (χ1v) is 10.0. The summed E-state index contributed by atoms with van der Waals surface area (Å²) in [5.41, 5.74) is 1.87. The van der Waals surface area contributed by atoms with Crippen LogP contribution in [0.15, 0.2) is 35.3 Å². The molecule has 3 aromatic rings. The molecule has 0 aliphatic heterocycles. The number of aromatic nitrogens is 3. The predicted octanol–water partition coefficient (Wildman–Crippen LogP) is 3.06. The summed E-state index contributed by atoms with van der Waals surface area (Å²) in [5.74, 6) is -0.464. The lowest BCUT2D eigenvalue weighted by Crippen LogP contribution is -2.38. The number of nitrogens with zero attached hydrogens (tertiary/aromatic N) is 3. The molecule has 6 nitrogen and oxygen atoms in total. The summed E-state index contributed by atoms with van der Waals surface area (Å²) in [6.07, 6.45) is 5.86. The summed E-state index contributed by atoms with van der Waals surface area (Å²) in [4.78, 5) is 25.4. The summed E-state index contributed by atoms with van der Waals surface area (Å²) in [7, 11) is 0. The maximum Gasteiger partial charge on any atom is 0.276 e. The number of hydrogen-bond donors (Lipinski definition) is 1. The normalized spacial score (nSPS) is 14.6. The fourth-order valence-electron chi connectivity index (χ4n) is 4.27. The first kappa shape index (κ1) is 19.4. The van der Waals surface area contributed by atoms with Gasteiger partial charge in [0.05, 0.1) is 18.1 Å². The third-order valence-corrected chi connectivity index (χ3v) is 5.91. The van der Waals surface area contributed by atoms with Crippen molar-refractivity contribution in [3.05, 3.63) is 63.6 Å². The maximum atomic E-state index is 14.1. The molecule has 7 heteroatoms. The average Bonchev–Trinajstić information content (AvgIpc) is 3.28. The van der Waals surface area contributed by atoms with Gasteiger partial charge < -0.3 is 9.88 Å². The third-order valence-electron chi connectivity index (χ3n) is 5.91. The summed E-state index contributed by atoms with van der Waals surface area (Å²) in [5, 5.41) is 8.47. The monoisotopic (exact) mass is 396 g/mol. The van der Waals surface area contributed by atoms with E-state index in [2.05, 4.69) is 10.4 Å². The highest BCUT2D eigenvalue weighted by Gasteiger charge is 2.20. The molecule has 4 rings (SSSR count). The van der Waals surface area contributed by atoms with Crippen LogP contribution >= 0.6 is 0 Å². The van der Waals surface area contributed by atoms with E-state index < -0.39 is 0 Å². The number of carbonyl (C=O) groups is 1. The van der Waals surface area contributed by atoms with Crippen LogP contribution in [0.2, 0.25) is 0 Å². The van der Waals surface area contributed by atoms with Crippen molar-refractivity contribution in [1.82, 2.24) is 19.7 Å². The number of rotatable bonds is 5. The lowest BCUT2D eigenvalue weighted by Gasteiger charge is -2.12. The van der Waals surface area contributed by atoms with Gasteiger partial charge in [0, 0.05) is 28.4 Å². The second-order valence-corrected chi connectivity index (χ2v) is 7.79. The Balaban J connectivity index is 1.65. The van der Waals surface area contributed by atoms with Crippen LogP contribution in [0.25, 0.3) is 10.8 Å². The minimum atomic E-state index is -0.294. The van der Waals surface area contributed by atoms with Crippen LogP contribution in [0.1, 0.15) is 42.6 Å². The molecule has 0 atom stereocenters. The number of nitrogens with one attached hydrogen (secondary N) is 1. The van der Waals surface area contributed by atoms with Crippen molar-refractivity contribution in [2.45, 2.75) is 58.7 Å². The minimum Gasteiger partial charge on any atom is -0.352 e. The number of aryl methyl sites for hydroxylation is 2.